The molecule has 3 heterocycles. The van der Waals surface area contributed by atoms with Crippen LogP contribution in [0, 0.1) is 5.92 Å². The third-order valence-corrected chi connectivity index (χ3v) is 4.66. The lowest BCUT2D eigenvalue weighted by Gasteiger charge is -2.39. The summed E-state index contributed by atoms with van der Waals surface area (Å²) in [6, 6.07) is -1.57. The molecule has 8 nitrogen and oxygen atoms in total. The summed E-state index contributed by atoms with van der Waals surface area (Å²) in [7, 11) is 0. The molecule has 0 aromatic heterocycles. The molecule has 8 heteroatoms. The number of hydrogen-bond acceptors (Lipinski definition) is 4. The van der Waals surface area contributed by atoms with Crippen molar-refractivity contribution in [1.29, 1.82) is 0 Å². The molecule has 3 saturated heterocycles. The molecule has 3 aliphatic rings. The van der Waals surface area contributed by atoms with Crippen molar-refractivity contribution in [2.75, 3.05) is 19.6 Å². The van der Waals surface area contributed by atoms with Gasteiger partial charge in [0.2, 0.25) is 5.91 Å². The lowest BCUT2D eigenvalue weighted by atomic mass is 9.92. The van der Waals surface area contributed by atoms with Gasteiger partial charge in [0.25, 0.3) is 0 Å². The number of piperidine rings is 1. The number of aliphatic carboxylic acids is 1. The summed E-state index contributed by atoms with van der Waals surface area (Å²) in [5.41, 5.74) is 0. The van der Waals surface area contributed by atoms with Gasteiger partial charge in [0.1, 0.15) is 6.04 Å². The van der Waals surface area contributed by atoms with E-state index in [0.717, 1.165) is 12.8 Å². The number of amides is 3. The van der Waals surface area contributed by atoms with Gasteiger partial charge >= 0.3 is 12.0 Å². The zero-order valence-electron chi connectivity index (χ0n) is 11.6. The zero-order chi connectivity index (χ0) is 15.1. The molecule has 0 spiro atoms. The van der Waals surface area contributed by atoms with Gasteiger partial charge in [-0.1, -0.05) is 0 Å². The van der Waals surface area contributed by atoms with Crippen LogP contribution < -0.4 is 5.32 Å². The second-order valence-electron chi connectivity index (χ2n) is 5.93. The molecule has 0 aromatic carbocycles. The first-order valence-corrected chi connectivity index (χ1v) is 7.25. The first kappa shape index (κ1) is 14.1. The third-order valence-electron chi connectivity index (χ3n) is 4.66. The number of urea groups is 1. The van der Waals surface area contributed by atoms with E-state index in [1.54, 1.807) is 4.90 Å². The molecule has 0 bridgehead atoms. The number of likely N-dealkylation sites (tertiary alicyclic amines) is 2. The van der Waals surface area contributed by atoms with Gasteiger partial charge in [-0.05, 0) is 12.8 Å². The van der Waals surface area contributed by atoms with E-state index in [1.165, 1.54) is 4.90 Å². The monoisotopic (exact) mass is 297 g/mol. The van der Waals surface area contributed by atoms with Crippen LogP contribution in [0.1, 0.15) is 19.3 Å². The highest BCUT2D eigenvalue weighted by molar-refractivity contribution is 5.86. The van der Waals surface area contributed by atoms with E-state index in [2.05, 4.69) is 5.32 Å². The number of carbonyl (C=O) groups is 3. The first-order chi connectivity index (χ1) is 9.99. The van der Waals surface area contributed by atoms with Gasteiger partial charge in [0.15, 0.2) is 0 Å². The van der Waals surface area contributed by atoms with Gasteiger partial charge in [-0.15, -0.1) is 0 Å². The van der Waals surface area contributed by atoms with Crippen molar-refractivity contribution in [2.24, 2.45) is 5.92 Å². The van der Waals surface area contributed by atoms with Crippen molar-refractivity contribution in [3.63, 3.8) is 0 Å². The molecule has 3 amide bonds. The summed E-state index contributed by atoms with van der Waals surface area (Å²) in [6.07, 6.45) is 0.735. The summed E-state index contributed by atoms with van der Waals surface area (Å²) in [5, 5.41) is 21.6. The molecule has 21 heavy (non-hydrogen) atoms. The number of aliphatic hydroxyl groups excluding tert-OH is 1. The first-order valence-electron chi connectivity index (χ1n) is 7.25. The number of carboxylic acids is 1. The minimum Gasteiger partial charge on any atom is -0.480 e. The number of β-amino-alcohol motifs (C(OH)–C–C–N with tert-alkyl or cyclic N) is 1. The summed E-state index contributed by atoms with van der Waals surface area (Å²) < 4.78 is 0. The molecule has 3 aliphatic heterocycles. The Morgan fingerprint density at radius 2 is 2.05 bits per heavy atom. The van der Waals surface area contributed by atoms with Gasteiger partial charge in [0, 0.05) is 26.1 Å². The molecule has 3 unspecified atom stereocenters. The lowest BCUT2D eigenvalue weighted by Crippen LogP contribution is -2.55. The number of fused-ring (bicyclic) bond motifs is 1. The van der Waals surface area contributed by atoms with Crippen LogP contribution in [0.2, 0.25) is 0 Å². The fourth-order valence-corrected chi connectivity index (χ4v) is 3.61. The number of rotatable bonds is 1. The van der Waals surface area contributed by atoms with Crippen LogP contribution in [0.5, 0.6) is 0 Å². The molecular weight excluding hydrogens is 278 g/mol. The average molecular weight is 297 g/mol. The molecule has 0 aliphatic carbocycles. The van der Waals surface area contributed by atoms with Crippen molar-refractivity contribution < 1.29 is 24.6 Å². The van der Waals surface area contributed by atoms with E-state index in [4.69, 9.17) is 0 Å². The van der Waals surface area contributed by atoms with E-state index in [1.807, 2.05) is 0 Å². The summed E-state index contributed by atoms with van der Waals surface area (Å²) in [5.74, 6) is -1.33. The minimum atomic E-state index is -1.10. The van der Waals surface area contributed by atoms with E-state index in [0.29, 0.717) is 13.1 Å². The Labute approximate surface area is 121 Å². The normalized spacial score (nSPS) is 35.6. The van der Waals surface area contributed by atoms with Crippen LogP contribution in [-0.4, -0.2) is 75.7 Å². The van der Waals surface area contributed by atoms with Crippen molar-refractivity contribution in [3.8, 4) is 0 Å². The Morgan fingerprint density at radius 1 is 1.29 bits per heavy atom. The van der Waals surface area contributed by atoms with Gasteiger partial charge < -0.3 is 25.3 Å². The molecule has 4 atom stereocenters. The van der Waals surface area contributed by atoms with E-state index in [-0.39, 0.29) is 36.9 Å². The van der Waals surface area contributed by atoms with Crippen molar-refractivity contribution in [1.82, 2.24) is 15.1 Å². The van der Waals surface area contributed by atoms with Crippen LogP contribution in [0.25, 0.3) is 0 Å². The van der Waals surface area contributed by atoms with Gasteiger partial charge in [-0.25, -0.2) is 9.59 Å². The SMILES string of the molecule is O=C1NCC2C1CCCN2C(=O)N1CC(O)C[C@H]1C(=O)O. The number of nitrogens with zero attached hydrogens (tertiary/aromatic N) is 2. The Morgan fingerprint density at radius 3 is 2.76 bits per heavy atom. The molecule has 3 N–H and O–H groups in total. The Bertz CT molecular complexity index is 482. The maximum atomic E-state index is 12.6. The predicted molar refractivity (Wildman–Crippen MR) is 70.4 cm³/mol. The quantitative estimate of drug-likeness (QED) is 0.565. The largest absolute Gasteiger partial charge is 0.480 e. The fraction of sp³-hybridized carbons (Fsp3) is 0.769. The molecule has 0 radical (unpaired) electrons. The summed E-state index contributed by atoms with van der Waals surface area (Å²) in [4.78, 5) is 38.4. The van der Waals surface area contributed by atoms with Gasteiger partial charge in [-0.3, -0.25) is 4.79 Å². The number of nitrogens with one attached hydrogen (secondary N) is 1. The standard InChI is InChI=1S/C13H19N3O5/c17-7-4-9(12(19)20)16(6-7)13(21)15-3-1-2-8-10(15)5-14-11(8)18/h7-10,17H,1-6H2,(H,14,18)(H,19,20)/t7?,8?,9-,10?/m0/s1. The number of carbonyl (C=O) groups excluding carboxylic acids is 2. The Kier molecular flexibility index (Phi) is 3.48. The second-order valence-corrected chi connectivity index (χ2v) is 5.93. The molecule has 0 saturated carbocycles. The average Bonchev–Trinajstić information content (AvgIpc) is 3.02. The van der Waals surface area contributed by atoms with Crippen LogP contribution in [0.3, 0.4) is 0 Å². The summed E-state index contributed by atoms with van der Waals surface area (Å²) in [6.45, 7) is 0.975. The minimum absolute atomic E-state index is 0.0328. The third kappa shape index (κ3) is 2.33. The molecular formula is C13H19N3O5. The van der Waals surface area contributed by atoms with Crippen LogP contribution in [0.4, 0.5) is 4.79 Å². The molecule has 3 rings (SSSR count). The fourth-order valence-electron chi connectivity index (χ4n) is 3.61. The highest BCUT2D eigenvalue weighted by Gasteiger charge is 2.47. The highest BCUT2D eigenvalue weighted by atomic mass is 16.4. The Balaban J connectivity index is 1.78. The Hall–Kier alpha value is -1.83. The van der Waals surface area contributed by atoms with Crippen molar-refractivity contribution in [2.45, 2.75) is 37.5 Å². The van der Waals surface area contributed by atoms with Crippen molar-refractivity contribution >= 4 is 17.9 Å². The lowest BCUT2D eigenvalue weighted by molar-refractivity contribution is -0.141. The van der Waals surface area contributed by atoms with Crippen LogP contribution >= 0.6 is 0 Å². The van der Waals surface area contributed by atoms with Gasteiger partial charge in [-0.2, -0.15) is 0 Å². The van der Waals surface area contributed by atoms with Crippen LogP contribution in [0.15, 0.2) is 0 Å². The smallest absolute Gasteiger partial charge is 0.326 e. The highest BCUT2D eigenvalue weighted by Crippen LogP contribution is 2.30. The summed E-state index contributed by atoms with van der Waals surface area (Å²) >= 11 is 0. The van der Waals surface area contributed by atoms with E-state index in [9.17, 15) is 24.6 Å². The number of carboxylic acid groups (broad SMARTS) is 1. The number of hydrogen-bond donors (Lipinski definition) is 3. The van der Waals surface area contributed by atoms with Gasteiger partial charge in [0.05, 0.1) is 18.1 Å². The number of aliphatic hydroxyl groups is 1. The van der Waals surface area contributed by atoms with E-state index < -0.39 is 18.1 Å². The molecule has 3 fully saturated rings. The molecule has 0 aromatic rings. The van der Waals surface area contributed by atoms with Crippen LogP contribution in [-0.2, 0) is 9.59 Å². The van der Waals surface area contributed by atoms with E-state index >= 15 is 0 Å². The maximum absolute atomic E-state index is 12.6. The van der Waals surface area contributed by atoms with Crippen molar-refractivity contribution in [3.05, 3.63) is 0 Å². The second kappa shape index (κ2) is 5.18. The topological polar surface area (TPSA) is 110 Å². The zero-order valence-corrected chi connectivity index (χ0v) is 11.6. The maximum Gasteiger partial charge on any atom is 0.326 e. The molecule has 116 valence electrons. The predicted octanol–water partition coefficient (Wildman–Crippen LogP) is -1.16.